The highest BCUT2D eigenvalue weighted by molar-refractivity contribution is 5.21. The van der Waals surface area contributed by atoms with Gasteiger partial charge in [-0.05, 0) is 11.6 Å². The van der Waals surface area contributed by atoms with Crippen LogP contribution in [0.1, 0.15) is 6.42 Å². The van der Waals surface area contributed by atoms with Crippen LogP contribution in [-0.4, -0.2) is 6.54 Å². The van der Waals surface area contributed by atoms with Gasteiger partial charge < -0.3 is 11.5 Å². The molecule has 6 N–H and O–H groups in total. The van der Waals surface area contributed by atoms with Gasteiger partial charge in [0.2, 0.25) is 0 Å². The Balaban J connectivity index is 3.96. The van der Waals surface area contributed by atoms with Crippen molar-refractivity contribution in [3.8, 4) is 0 Å². The molecule has 0 aromatic rings. The van der Waals surface area contributed by atoms with Crippen LogP contribution in [0.5, 0.6) is 0 Å². The van der Waals surface area contributed by atoms with E-state index < -0.39 is 0 Å². The summed E-state index contributed by atoms with van der Waals surface area (Å²) in [6.07, 6.45) is 8.52. The van der Waals surface area contributed by atoms with Gasteiger partial charge in [0, 0.05) is 6.42 Å². The molecule has 0 aromatic carbocycles. The molecule has 10 heavy (non-hydrogen) atoms. The van der Waals surface area contributed by atoms with Gasteiger partial charge in [-0.3, -0.25) is 0 Å². The maximum Gasteiger partial charge on any atom is 0.0912 e. The molecular formula is C8H16N2+2. The second kappa shape index (κ2) is 6.26. The Labute approximate surface area is 61.9 Å². The van der Waals surface area contributed by atoms with Gasteiger partial charge in [-0.25, -0.2) is 0 Å². The first kappa shape index (κ1) is 9.14. The highest BCUT2D eigenvalue weighted by Gasteiger charge is 1.89. The zero-order valence-electron chi connectivity index (χ0n) is 6.34. The Morgan fingerprint density at radius 3 is 2.60 bits per heavy atom. The Morgan fingerprint density at radius 1 is 1.50 bits per heavy atom. The lowest BCUT2D eigenvalue weighted by molar-refractivity contribution is -0.366. The zero-order valence-corrected chi connectivity index (χ0v) is 6.34. The molecule has 0 aliphatic heterocycles. The first-order valence-corrected chi connectivity index (χ1v) is 3.41. The molecule has 56 valence electrons. The molecular weight excluding hydrogens is 124 g/mol. The predicted molar refractivity (Wildman–Crippen MR) is 42.7 cm³/mol. The van der Waals surface area contributed by atoms with Crippen molar-refractivity contribution in [1.29, 1.82) is 0 Å². The summed E-state index contributed by atoms with van der Waals surface area (Å²) in [7, 11) is 0. The summed E-state index contributed by atoms with van der Waals surface area (Å²) in [5.41, 5.74) is 8.61. The number of allylic oxidation sites excluding steroid dienone is 3. The molecule has 2 nitrogen and oxygen atoms in total. The van der Waals surface area contributed by atoms with Crippen molar-refractivity contribution in [3.05, 3.63) is 36.6 Å². The second-order valence-electron chi connectivity index (χ2n) is 1.98. The smallest absolute Gasteiger partial charge is 0.0912 e. The fourth-order valence-corrected chi connectivity index (χ4v) is 0.729. The molecule has 0 saturated heterocycles. The van der Waals surface area contributed by atoms with Crippen molar-refractivity contribution in [2.75, 3.05) is 6.54 Å². The topological polar surface area (TPSA) is 55.3 Å². The third-order valence-corrected chi connectivity index (χ3v) is 1.13. The minimum absolute atomic E-state index is 0.921. The molecule has 0 rings (SSSR count). The summed E-state index contributed by atoms with van der Waals surface area (Å²) in [5, 5.41) is 0. The fraction of sp³-hybridized carbons (Fsp3) is 0.250. The van der Waals surface area contributed by atoms with Crippen molar-refractivity contribution < 1.29 is 11.5 Å². The summed E-state index contributed by atoms with van der Waals surface area (Å²) in [6, 6.07) is 0. The molecule has 0 amide bonds. The normalized spacial score (nSPS) is 12.4. The molecule has 0 fully saturated rings. The van der Waals surface area contributed by atoms with Crippen molar-refractivity contribution in [2.45, 2.75) is 6.42 Å². The number of rotatable bonds is 4. The van der Waals surface area contributed by atoms with E-state index in [1.54, 1.807) is 12.3 Å². The van der Waals surface area contributed by atoms with E-state index in [-0.39, 0.29) is 0 Å². The summed E-state index contributed by atoms with van der Waals surface area (Å²) >= 11 is 0. The van der Waals surface area contributed by atoms with Gasteiger partial charge in [-0.15, -0.1) is 0 Å². The molecule has 0 aliphatic rings. The van der Waals surface area contributed by atoms with Crippen LogP contribution in [0.3, 0.4) is 0 Å². The first-order chi connectivity index (χ1) is 4.85. The van der Waals surface area contributed by atoms with Crippen LogP contribution in [0.4, 0.5) is 0 Å². The predicted octanol–water partition coefficient (Wildman–Crippen LogP) is -0.514. The van der Waals surface area contributed by atoms with Gasteiger partial charge in [0.25, 0.3) is 0 Å². The molecule has 0 saturated carbocycles. The quantitative estimate of drug-likeness (QED) is 0.494. The van der Waals surface area contributed by atoms with E-state index >= 15 is 0 Å². The number of hydrogen-bond donors (Lipinski definition) is 2. The minimum Gasteiger partial charge on any atom is -0.357 e. The lowest BCUT2D eigenvalue weighted by Crippen LogP contribution is -2.50. The third kappa shape index (κ3) is 4.06. The van der Waals surface area contributed by atoms with E-state index in [1.165, 1.54) is 5.57 Å². The lowest BCUT2D eigenvalue weighted by Gasteiger charge is -1.92. The fourth-order valence-electron chi connectivity index (χ4n) is 0.729. The largest absolute Gasteiger partial charge is 0.357 e. The first-order valence-electron chi connectivity index (χ1n) is 3.41. The summed E-state index contributed by atoms with van der Waals surface area (Å²) in [6.45, 7) is 4.53. The van der Waals surface area contributed by atoms with Crippen LogP contribution in [0, 0.1) is 0 Å². The Morgan fingerprint density at radius 2 is 2.20 bits per heavy atom. The Hall–Kier alpha value is -0.860. The van der Waals surface area contributed by atoms with E-state index in [2.05, 4.69) is 18.0 Å². The van der Waals surface area contributed by atoms with Crippen LogP contribution < -0.4 is 11.5 Å². The molecule has 0 heterocycles. The SMILES string of the molecule is C=CC=C(C=C[NH3+])CC[NH3+]. The van der Waals surface area contributed by atoms with E-state index in [1.807, 2.05) is 12.2 Å². The molecule has 0 unspecified atom stereocenters. The van der Waals surface area contributed by atoms with Gasteiger partial charge in [-0.2, -0.15) is 0 Å². The maximum absolute atomic E-state index is 3.76. The van der Waals surface area contributed by atoms with Gasteiger partial charge in [-0.1, -0.05) is 18.7 Å². The van der Waals surface area contributed by atoms with Crippen molar-refractivity contribution in [2.24, 2.45) is 0 Å². The van der Waals surface area contributed by atoms with Crippen LogP contribution >= 0.6 is 0 Å². The van der Waals surface area contributed by atoms with Crippen molar-refractivity contribution in [1.82, 2.24) is 0 Å². The monoisotopic (exact) mass is 140 g/mol. The number of quaternary nitrogens is 2. The Kier molecular flexibility index (Phi) is 5.72. The highest BCUT2D eigenvalue weighted by atomic mass is 14.5. The van der Waals surface area contributed by atoms with Crippen LogP contribution in [-0.2, 0) is 0 Å². The van der Waals surface area contributed by atoms with Crippen LogP contribution in [0.15, 0.2) is 36.6 Å². The van der Waals surface area contributed by atoms with Gasteiger partial charge >= 0.3 is 0 Å². The van der Waals surface area contributed by atoms with Crippen LogP contribution in [0.25, 0.3) is 0 Å². The van der Waals surface area contributed by atoms with E-state index in [9.17, 15) is 0 Å². The molecule has 2 heteroatoms. The average molecular weight is 140 g/mol. The zero-order chi connectivity index (χ0) is 7.82. The second-order valence-corrected chi connectivity index (χ2v) is 1.98. The highest BCUT2D eigenvalue weighted by Crippen LogP contribution is 1.99. The molecule has 0 radical (unpaired) electrons. The standard InChI is InChI=1S/C8H14N2/c1-2-3-8(4-6-9)5-7-10/h2-4,6H,1,5,7,9-10H2/p+2. The van der Waals surface area contributed by atoms with E-state index in [0.29, 0.717) is 0 Å². The van der Waals surface area contributed by atoms with E-state index in [0.717, 1.165) is 13.0 Å². The summed E-state index contributed by atoms with van der Waals surface area (Å²) < 4.78 is 0. The Bertz CT molecular complexity index is 145. The van der Waals surface area contributed by atoms with Gasteiger partial charge in [0.05, 0.1) is 12.7 Å². The maximum atomic E-state index is 3.76. The van der Waals surface area contributed by atoms with Gasteiger partial charge in [0.15, 0.2) is 0 Å². The number of hydrogen-bond acceptors (Lipinski definition) is 0. The van der Waals surface area contributed by atoms with Gasteiger partial charge in [0.1, 0.15) is 0 Å². The third-order valence-electron chi connectivity index (χ3n) is 1.13. The summed E-state index contributed by atoms with van der Waals surface area (Å²) in [4.78, 5) is 0. The molecule has 0 aliphatic carbocycles. The van der Waals surface area contributed by atoms with Crippen molar-refractivity contribution >= 4 is 0 Å². The minimum atomic E-state index is 0.921. The lowest BCUT2D eigenvalue weighted by atomic mass is 10.2. The van der Waals surface area contributed by atoms with E-state index in [4.69, 9.17) is 0 Å². The summed E-state index contributed by atoms with van der Waals surface area (Å²) in [5.74, 6) is 0. The molecule has 0 atom stereocenters. The molecule has 0 bridgehead atoms. The van der Waals surface area contributed by atoms with Crippen molar-refractivity contribution in [3.63, 3.8) is 0 Å². The molecule has 0 spiro atoms. The van der Waals surface area contributed by atoms with Crippen LogP contribution in [0.2, 0.25) is 0 Å². The molecule has 0 aromatic heterocycles. The average Bonchev–Trinajstić information content (AvgIpc) is 1.90.